The Balaban J connectivity index is 1.34. The molecule has 0 spiro atoms. The molecule has 2 heterocycles. The molecule has 3 amide bonds. The van der Waals surface area contributed by atoms with Crippen LogP contribution in [0.25, 0.3) is 0 Å². The van der Waals surface area contributed by atoms with E-state index in [4.69, 9.17) is 16.3 Å². The zero-order valence-corrected chi connectivity index (χ0v) is 21.4. The highest BCUT2D eigenvalue weighted by Gasteiger charge is 2.53. The number of hydrogen-bond donors (Lipinski definition) is 2. The minimum absolute atomic E-state index is 0.0461. The molecule has 1 unspecified atom stereocenters. The van der Waals surface area contributed by atoms with Crippen molar-refractivity contribution in [3.8, 4) is 5.75 Å². The maximum Gasteiger partial charge on any atom is 0.274 e. The summed E-state index contributed by atoms with van der Waals surface area (Å²) in [6.07, 6.45) is 3.09. The molecule has 37 heavy (non-hydrogen) atoms. The second-order valence-electron chi connectivity index (χ2n) is 9.59. The van der Waals surface area contributed by atoms with Crippen LogP contribution < -0.4 is 15.4 Å². The summed E-state index contributed by atoms with van der Waals surface area (Å²) in [7, 11) is 1.60. The molecular weight excluding hydrogens is 494 g/mol. The van der Waals surface area contributed by atoms with E-state index >= 15 is 0 Å². The lowest BCUT2D eigenvalue weighted by Gasteiger charge is -2.44. The number of aromatic nitrogens is 2. The topological polar surface area (TPSA) is 106 Å². The van der Waals surface area contributed by atoms with Gasteiger partial charge in [0.2, 0.25) is 5.91 Å². The van der Waals surface area contributed by atoms with Crippen molar-refractivity contribution in [1.29, 1.82) is 0 Å². The van der Waals surface area contributed by atoms with Crippen LogP contribution in [0.1, 0.15) is 51.9 Å². The van der Waals surface area contributed by atoms with Crippen LogP contribution >= 0.6 is 11.6 Å². The Morgan fingerprint density at radius 3 is 2.51 bits per heavy atom. The van der Waals surface area contributed by atoms with Gasteiger partial charge >= 0.3 is 0 Å². The average molecular weight is 522 g/mol. The Bertz CT molecular complexity index is 1350. The molecule has 2 aliphatic rings. The Kier molecular flexibility index (Phi) is 6.64. The third kappa shape index (κ3) is 4.91. The van der Waals surface area contributed by atoms with Crippen LogP contribution in [0.2, 0.25) is 5.02 Å². The number of nitrogens with one attached hydrogen (secondary N) is 2. The van der Waals surface area contributed by atoms with Gasteiger partial charge in [-0.05, 0) is 55.2 Å². The molecule has 0 saturated heterocycles. The Labute approximate surface area is 219 Å². The summed E-state index contributed by atoms with van der Waals surface area (Å²) in [6, 6.07) is 14.6. The van der Waals surface area contributed by atoms with Gasteiger partial charge in [0, 0.05) is 24.2 Å². The summed E-state index contributed by atoms with van der Waals surface area (Å²) in [4.78, 5) is 46.1. The number of carbonyl (C=O) groups is 3. The van der Waals surface area contributed by atoms with E-state index in [2.05, 4.69) is 15.6 Å². The highest BCUT2D eigenvalue weighted by Crippen LogP contribution is 2.38. The van der Waals surface area contributed by atoms with Crippen LogP contribution in [-0.4, -0.2) is 50.9 Å². The van der Waals surface area contributed by atoms with Gasteiger partial charge in [-0.2, -0.15) is 0 Å². The molecule has 0 bridgehead atoms. The number of imidazole rings is 1. The Morgan fingerprint density at radius 2 is 1.84 bits per heavy atom. The lowest BCUT2D eigenvalue weighted by atomic mass is 9.93. The lowest BCUT2D eigenvalue weighted by Crippen LogP contribution is -2.64. The first-order valence-electron chi connectivity index (χ1n) is 12.1. The first-order chi connectivity index (χ1) is 17.8. The van der Waals surface area contributed by atoms with Crippen molar-refractivity contribution < 1.29 is 19.1 Å². The summed E-state index contributed by atoms with van der Waals surface area (Å²) >= 11 is 6.03. The van der Waals surface area contributed by atoms with E-state index in [1.54, 1.807) is 41.7 Å². The number of benzene rings is 2. The summed E-state index contributed by atoms with van der Waals surface area (Å²) in [6.45, 7) is 2.54. The molecule has 1 saturated carbocycles. The minimum atomic E-state index is -1.12. The fourth-order valence-corrected chi connectivity index (χ4v) is 4.96. The summed E-state index contributed by atoms with van der Waals surface area (Å²) in [5.74, 6) is -0.332. The van der Waals surface area contributed by atoms with Crippen molar-refractivity contribution in [2.24, 2.45) is 0 Å². The van der Waals surface area contributed by atoms with Gasteiger partial charge in [0.05, 0.1) is 20.0 Å². The third-order valence-corrected chi connectivity index (χ3v) is 7.07. The molecule has 2 N–H and O–H groups in total. The van der Waals surface area contributed by atoms with Crippen molar-refractivity contribution in [2.45, 2.75) is 51.0 Å². The molecule has 192 valence electrons. The summed E-state index contributed by atoms with van der Waals surface area (Å²) in [5.41, 5.74) is 0.891. The molecular formula is C27H28ClN5O4. The van der Waals surface area contributed by atoms with Gasteiger partial charge in [0.15, 0.2) is 5.69 Å². The molecule has 1 atom stereocenters. The van der Waals surface area contributed by atoms with E-state index in [1.165, 1.54) is 6.33 Å². The highest BCUT2D eigenvalue weighted by molar-refractivity contribution is 6.30. The number of fused-ring (bicyclic) bond motifs is 1. The zero-order chi connectivity index (χ0) is 26.2. The molecule has 1 aliphatic heterocycles. The van der Waals surface area contributed by atoms with Crippen molar-refractivity contribution in [1.82, 2.24) is 25.1 Å². The predicted octanol–water partition coefficient (Wildman–Crippen LogP) is 3.17. The second kappa shape index (κ2) is 9.89. The molecule has 0 radical (unpaired) electrons. The van der Waals surface area contributed by atoms with Crippen LogP contribution in [0.4, 0.5) is 0 Å². The standard InChI is InChI=1S/C27H28ClN5O4/c1-27(26(36)30-13-17-6-10-21(37-2)11-7-17)15-32-16-31-22(23(32)25(35)33(27)20-8-9-20)24(34)29-14-18-4-3-5-19(28)12-18/h3-7,10-12,16,20H,8-9,13-15H2,1-2H3,(H,29,34)(H,30,36). The maximum atomic E-state index is 13.7. The van der Waals surface area contributed by atoms with E-state index in [9.17, 15) is 14.4 Å². The van der Waals surface area contributed by atoms with Crippen LogP contribution in [0.3, 0.4) is 0 Å². The number of ether oxygens (including phenoxy) is 1. The monoisotopic (exact) mass is 521 g/mol. The number of carbonyl (C=O) groups excluding carboxylic acids is 3. The fourth-order valence-electron chi connectivity index (χ4n) is 4.75. The molecule has 1 aromatic heterocycles. The van der Waals surface area contributed by atoms with E-state index < -0.39 is 11.4 Å². The summed E-state index contributed by atoms with van der Waals surface area (Å²) < 4.78 is 6.80. The normalized spacial score (nSPS) is 18.8. The fraction of sp³-hybridized carbons (Fsp3) is 0.333. The van der Waals surface area contributed by atoms with Gasteiger partial charge in [0.25, 0.3) is 11.8 Å². The lowest BCUT2D eigenvalue weighted by molar-refractivity contribution is -0.133. The Hall–Kier alpha value is -3.85. The molecule has 2 aromatic carbocycles. The van der Waals surface area contributed by atoms with Gasteiger partial charge < -0.3 is 24.8 Å². The zero-order valence-electron chi connectivity index (χ0n) is 20.7. The average Bonchev–Trinajstić information content (AvgIpc) is 3.63. The molecule has 10 heteroatoms. The molecule has 1 aliphatic carbocycles. The molecule has 1 fully saturated rings. The predicted molar refractivity (Wildman–Crippen MR) is 137 cm³/mol. The largest absolute Gasteiger partial charge is 0.497 e. The van der Waals surface area contributed by atoms with Gasteiger partial charge in [-0.15, -0.1) is 0 Å². The van der Waals surface area contributed by atoms with Gasteiger partial charge in [0.1, 0.15) is 17.0 Å². The number of amides is 3. The quantitative estimate of drug-likeness (QED) is 0.473. The van der Waals surface area contributed by atoms with E-state index in [-0.39, 0.29) is 42.3 Å². The Morgan fingerprint density at radius 1 is 1.11 bits per heavy atom. The smallest absolute Gasteiger partial charge is 0.274 e. The van der Waals surface area contributed by atoms with Gasteiger partial charge in [-0.1, -0.05) is 35.9 Å². The van der Waals surface area contributed by atoms with E-state index in [1.807, 2.05) is 30.3 Å². The van der Waals surface area contributed by atoms with Crippen LogP contribution in [0.15, 0.2) is 54.9 Å². The molecule has 3 aromatic rings. The summed E-state index contributed by atoms with van der Waals surface area (Å²) in [5, 5.41) is 6.38. The van der Waals surface area contributed by atoms with Crippen molar-refractivity contribution in [3.63, 3.8) is 0 Å². The van der Waals surface area contributed by atoms with Crippen molar-refractivity contribution in [3.05, 3.63) is 82.4 Å². The molecule has 9 nitrogen and oxygen atoms in total. The number of rotatable bonds is 8. The van der Waals surface area contributed by atoms with Crippen molar-refractivity contribution in [2.75, 3.05) is 7.11 Å². The van der Waals surface area contributed by atoms with Crippen molar-refractivity contribution >= 4 is 29.3 Å². The number of nitrogens with zero attached hydrogens (tertiary/aromatic N) is 3. The van der Waals surface area contributed by atoms with Crippen LogP contribution in [0.5, 0.6) is 5.75 Å². The number of hydrogen-bond acceptors (Lipinski definition) is 5. The van der Waals surface area contributed by atoms with E-state index in [0.717, 1.165) is 29.7 Å². The highest BCUT2D eigenvalue weighted by atomic mass is 35.5. The number of halogens is 1. The third-order valence-electron chi connectivity index (χ3n) is 6.84. The van der Waals surface area contributed by atoms with Gasteiger partial charge in [-0.3, -0.25) is 14.4 Å². The first kappa shape index (κ1) is 24.8. The van der Waals surface area contributed by atoms with Crippen LogP contribution in [0, 0.1) is 0 Å². The van der Waals surface area contributed by atoms with Crippen LogP contribution in [-0.2, 0) is 24.4 Å². The van der Waals surface area contributed by atoms with E-state index in [0.29, 0.717) is 11.6 Å². The SMILES string of the molecule is COc1ccc(CNC(=O)C2(C)Cn3cnc(C(=O)NCc4cccc(Cl)c4)c3C(=O)N2C2CC2)cc1. The number of methoxy groups -OCH3 is 1. The second-order valence-corrected chi connectivity index (χ2v) is 10.0. The maximum absolute atomic E-state index is 13.7. The van der Waals surface area contributed by atoms with Gasteiger partial charge in [-0.25, -0.2) is 4.98 Å². The first-order valence-corrected chi connectivity index (χ1v) is 12.5. The minimum Gasteiger partial charge on any atom is -0.497 e. The molecule has 5 rings (SSSR count).